The van der Waals surface area contributed by atoms with Crippen LogP contribution in [0.4, 0.5) is 11.4 Å². The molecule has 128 valence electrons. The first kappa shape index (κ1) is 15.9. The van der Waals surface area contributed by atoms with Crippen molar-refractivity contribution in [1.82, 2.24) is 4.98 Å². The topological polar surface area (TPSA) is 72.4 Å². The zero-order chi connectivity index (χ0) is 17.4. The summed E-state index contributed by atoms with van der Waals surface area (Å²) in [6.45, 7) is 2.57. The first-order valence-electron chi connectivity index (χ1n) is 8.31. The molecule has 3 aromatic rings. The molecule has 0 saturated heterocycles. The Morgan fingerprint density at radius 1 is 1.36 bits per heavy atom. The van der Waals surface area contributed by atoms with Crippen molar-refractivity contribution in [1.29, 1.82) is 0 Å². The van der Waals surface area contributed by atoms with Gasteiger partial charge in [0.05, 0.1) is 17.0 Å². The second-order valence-corrected chi connectivity index (χ2v) is 7.12. The molecule has 1 amide bonds. The van der Waals surface area contributed by atoms with Crippen LogP contribution in [0.1, 0.15) is 23.4 Å². The number of fused-ring (bicyclic) bond motifs is 1. The largest absolute Gasteiger partial charge is 0.440 e. The molecule has 0 radical (unpaired) electrons. The van der Waals surface area contributed by atoms with Crippen LogP contribution in [0.25, 0.3) is 10.8 Å². The van der Waals surface area contributed by atoms with Crippen molar-refractivity contribution in [2.75, 3.05) is 17.2 Å². The van der Waals surface area contributed by atoms with Crippen molar-refractivity contribution in [3.8, 4) is 10.8 Å². The molecule has 3 heterocycles. The third-order valence-electron chi connectivity index (χ3n) is 4.53. The number of hydrogen-bond acceptors (Lipinski definition) is 5. The third kappa shape index (κ3) is 2.93. The minimum absolute atomic E-state index is 0.0284. The van der Waals surface area contributed by atoms with Crippen molar-refractivity contribution in [2.24, 2.45) is 0 Å². The van der Waals surface area contributed by atoms with Crippen LogP contribution >= 0.6 is 11.3 Å². The summed E-state index contributed by atoms with van der Waals surface area (Å²) in [5, 5.41) is 1.98. The number of amides is 1. The number of rotatable bonds is 3. The molecule has 2 aromatic heterocycles. The summed E-state index contributed by atoms with van der Waals surface area (Å²) in [4.78, 5) is 20.2. The minimum atomic E-state index is 0.0284. The smallest absolute Gasteiger partial charge is 0.236 e. The maximum Gasteiger partial charge on any atom is 0.236 e. The van der Waals surface area contributed by atoms with Crippen LogP contribution in [0.15, 0.2) is 40.1 Å². The van der Waals surface area contributed by atoms with E-state index in [9.17, 15) is 4.79 Å². The van der Waals surface area contributed by atoms with Crippen molar-refractivity contribution in [3.05, 3.63) is 52.7 Å². The van der Waals surface area contributed by atoms with Crippen LogP contribution in [0.5, 0.6) is 0 Å². The molecule has 1 aliphatic heterocycles. The molecule has 0 atom stereocenters. The maximum atomic E-state index is 12.9. The second-order valence-electron chi connectivity index (χ2n) is 6.17. The zero-order valence-corrected chi connectivity index (χ0v) is 14.8. The number of benzene rings is 1. The van der Waals surface area contributed by atoms with Gasteiger partial charge >= 0.3 is 0 Å². The lowest BCUT2D eigenvalue weighted by Crippen LogP contribution is -2.37. The van der Waals surface area contributed by atoms with Gasteiger partial charge in [-0.25, -0.2) is 4.98 Å². The van der Waals surface area contributed by atoms with E-state index in [1.54, 1.807) is 11.3 Å². The van der Waals surface area contributed by atoms with Crippen LogP contribution in [0.2, 0.25) is 0 Å². The van der Waals surface area contributed by atoms with Gasteiger partial charge in [-0.1, -0.05) is 12.1 Å². The van der Waals surface area contributed by atoms with E-state index in [-0.39, 0.29) is 12.3 Å². The molecule has 0 saturated carbocycles. The molecular formula is C19H19N3O2S. The molecule has 0 fully saturated rings. The fourth-order valence-corrected chi connectivity index (χ4v) is 3.90. The predicted octanol–water partition coefficient (Wildman–Crippen LogP) is 3.82. The Balaban J connectivity index is 1.59. The maximum absolute atomic E-state index is 12.9. The molecule has 25 heavy (non-hydrogen) atoms. The molecule has 0 bridgehead atoms. The second kappa shape index (κ2) is 6.37. The van der Waals surface area contributed by atoms with Crippen LogP contribution < -0.4 is 10.6 Å². The van der Waals surface area contributed by atoms with E-state index in [1.807, 2.05) is 47.5 Å². The summed E-state index contributed by atoms with van der Waals surface area (Å²) in [7, 11) is 0. The average Bonchev–Trinajstić information content (AvgIpc) is 3.25. The predicted molar refractivity (Wildman–Crippen MR) is 99.8 cm³/mol. The van der Waals surface area contributed by atoms with E-state index in [0.29, 0.717) is 23.9 Å². The summed E-state index contributed by atoms with van der Waals surface area (Å²) in [5.74, 6) is 1.31. The SMILES string of the molecule is Cc1oc(-c2cccs2)nc1CC(=O)N1CCCc2c(N)cccc21. The van der Waals surface area contributed by atoms with Crippen molar-refractivity contribution >= 4 is 28.6 Å². The number of carbonyl (C=O) groups is 1. The standard InChI is InChI=1S/C19H19N3O2S/c1-12-15(21-19(24-12)17-8-4-10-25-17)11-18(23)22-9-3-5-13-14(20)6-2-7-16(13)22/h2,4,6-8,10H,3,5,9,11,20H2,1H3. The van der Waals surface area contributed by atoms with Gasteiger partial charge in [0, 0.05) is 17.9 Å². The molecular weight excluding hydrogens is 334 g/mol. The number of nitrogens with two attached hydrogens (primary N) is 1. The number of hydrogen-bond donors (Lipinski definition) is 1. The summed E-state index contributed by atoms with van der Waals surface area (Å²) < 4.78 is 5.74. The fourth-order valence-electron chi connectivity index (χ4n) is 3.25. The number of carbonyl (C=O) groups excluding carboxylic acids is 1. The van der Waals surface area contributed by atoms with Crippen molar-refractivity contribution < 1.29 is 9.21 Å². The monoisotopic (exact) mass is 353 g/mol. The van der Waals surface area contributed by atoms with Crippen LogP contribution in [-0.2, 0) is 17.6 Å². The number of thiophene rings is 1. The molecule has 1 aliphatic rings. The van der Waals surface area contributed by atoms with Crippen LogP contribution in [0.3, 0.4) is 0 Å². The van der Waals surface area contributed by atoms with E-state index in [0.717, 1.165) is 34.7 Å². The lowest BCUT2D eigenvalue weighted by Gasteiger charge is -2.30. The highest BCUT2D eigenvalue weighted by Gasteiger charge is 2.25. The van der Waals surface area contributed by atoms with E-state index < -0.39 is 0 Å². The Labute approximate surface area is 150 Å². The molecule has 2 N–H and O–H groups in total. The molecule has 1 aromatic carbocycles. The number of nitrogens with zero attached hydrogens (tertiary/aromatic N) is 2. The van der Waals surface area contributed by atoms with Crippen LogP contribution in [0, 0.1) is 6.92 Å². The Kier molecular flexibility index (Phi) is 4.05. The Hall–Kier alpha value is -2.60. The highest BCUT2D eigenvalue weighted by molar-refractivity contribution is 7.13. The van der Waals surface area contributed by atoms with Gasteiger partial charge in [-0.15, -0.1) is 11.3 Å². The lowest BCUT2D eigenvalue weighted by molar-refractivity contribution is -0.118. The van der Waals surface area contributed by atoms with Gasteiger partial charge in [0.25, 0.3) is 0 Å². The fraction of sp³-hybridized carbons (Fsp3) is 0.263. The molecule has 5 nitrogen and oxygen atoms in total. The number of oxazole rings is 1. The Bertz CT molecular complexity index is 915. The molecule has 0 aliphatic carbocycles. The Morgan fingerprint density at radius 3 is 3.04 bits per heavy atom. The van der Waals surface area contributed by atoms with E-state index in [4.69, 9.17) is 10.2 Å². The normalized spacial score (nSPS) is 13.7. The van der Waals surface area contributed by atoms with Crippen molar-refractivity contribution in [2.45, 2.75) is 26.2 Å². The van der Waals surface area contributed by atoms with Gasteiger partial charge in [-0.05, 0) is 48.9 Å². The number of aryl methyl sites for hydroxylation is 1. The summed E-state index contributed by atoms with van der Waals surface area (Å²) >= 11 is 1.57. The van der Waals surface area contributed by atoms with Crippen LogP contribution in [-0.4, -0.2) is 17.4 Å². The van der Waals surface area contributed by atoms with Gasteiger partial charge < -0.3 is 15.1 Å². The number of aromatic nitrogens is 1. The third-order valence-corrected chi connectivity index (χ3v) is 5.39. The first-order chi connectivity index (χ1) is 12.1. The zero-order valence-electron chi connectivity index (χ0n) is 14.0. The highest BCUT2D eigenvalue weighted by atomic mass is 32.1. The highest BCUT2D eigenvalue weighted by Crippen LogP contribution is 2.32. The quantitative estimate of drug-likeness (QED) is 0.727. The van der Waals surface area contributed by atoms with E-state index in [1.165, 1.54) is 0 Å². The van der Waals surface area contributed by atoms with Gasteiger partial charge in [-0.3, -0.25) is 4.79 Å². The van der Waals surface area contributed by atoms with Gasteiger partial charge in [0.15, 0.2) is 0 Å². The van der Waals surface area contributed by atoms with Crippen molar-refractivity contribution in [3.63, 3.8) is 0 Å². The summed E-state index contributed by atoms with van der Waals surface area (Å²) in [5.41, 5.74) is 9.52. The molecule has 0 spiro atoms. The Morgan fingerprint density at radius 2 is 2.24 bits per heavy atom. The number of anilines is 2. The van der Waals surface area contributed by atoms with Gasteiger partial charge in [-0.2, -0.15) is 0 Å². The minimum Gasteiger partial charge on any atom is -0.440 e. The van der Waals surface area contributed by atoms with Gasteiger partial charge in [0.2, 0.25) is 11.8 Å². The molecule has 4 rings (SSSR count). The van der Waals surface area contributed by atoms with Gasteiger partial charge in [0.1, 0.15) is 5.76 Å². The van der Waals surface area contributed by atoms with E-state index in [2.05, 4.69) is 4.98 Å². The molecule has 6 heteroatoms. The summed E-state index contributed by atoms with van der Waals surface area (Å²) in [6, 6.07) is 9.68. The average molecular weight is 353 g/mol. The molecule has 0 unspecified atom stereocenters. The number of nitrogen functional groups attached to an aromatic ring is 1. The van der Waals surface area contributed by atoms with E-state index >= 15 is 0 Å². The first-order valence-corrected chi connectivity index (χ1v) is 9.19. The summed E-state index contributed by atoms with van der Waals surface area (Å²) in [6.07, 6.45) is 2.07. The lowest BCUT2D eigenvalue weighted by atomic mass is 9.99.